The number of hydrogen-bond donors (Lipinski definition) is 1. The number of hydrogen-bond acceptors (Lipinski definition) is 5. The summed E-state index contributed by atoms with van der Waals surface area (Å²) in [6, 6.07) is 8.25. The number of carbonyl (C=O) groups is 1. The molecular formula is C20H26N4O2. The molecule has 0 unspecified atom stereocenters. The topological polar surface area (TPSA) is 67.4 Å². The lowest BCUT2D eigenvalue weighted by atomic mass is 9.93. The first-order chi connectivity index (χ1) is 12.8. The molecule has 6 nitrogen and oxygen atoms in total. The van der Waals surface area contributed by atoms with Gasteiger partial charge in [-0.3, -0.25) is 9.78 Å². The lowest BCUT2D eigenvalue weighted by Gasteiger charge is -2.33. The van der Waals surface area contributed by atoms with Crippen LogP contribution in [-0.2, 0) is 9.53 Å². The summed E-state index contributed by atoms with van der Waals surface area (Å²) < 4.78 is 5.34. The Balaban J connectivity index is 1.28. The first kappa shape index (κ1) is 17.2. The van der Waals surface area contributed by atoms with Gasteiger partial charge in [-0.05, 0) is 43.7 Å². The summed E-state index contributed by atoms with van der Waals surface area (Å²) >= 11 is 0. The van der Waals surface area contributed by atoms with E-state index in [1.165, 1.54) is 0 Å². The van der Waals surface area contributed by atoms with Crippen molar-refractivity contribution in [1.29, 1.82) is 0 Å². The van der Waals surface area contributed by atoms with E-state index in [-0.39, 0.29) is 5.91 Å². The molecule has 2 saturated heterocycles. The van der Waals surface area contributed by atoms with Gasteiger partial charge < -0.3 is 15.0 Å². The molecule has 3 heterocycles. The predicted molar refractivity (Wildman–Crippen MR) is 101 cm³/mol. The van der Waals surface area contributed by atoms with Crippen LogP contribution in [0.25, 0.3) is 11.0 Å². The van der Waals surface area contributed by atoms with Gasteiger partial charge in [0.2, 0.25) is 5.91 Å². The minimum absolute atomic E-state index is 0.195. The molecule has 4 rings (SSSR count). The minimum Gasteiger partial charge on any atom is -0.381 e. The summed E-state index contributed by atoms with van der Waals surface area (Å²) in [7, 11) is 0. The Morgan fingerprint density at radius 2 is 1.85 bits per heavy atom. The van der Waals surface area contributed by atoms with Crippen molar-refractivity contribution in [1.82, 2.24) is 15.3 Å². The van der Waals surface area contributed by atoms with Crippen molar-refractivity contribution in [2.24, 2.45) is 5.92 Å². The van der Waals surface area contributed by atoms with Gasteiger partial charge in [0.1, 0.15) is 5.82 Å². The third-order valence-corrected chi connectivity index (χ3v) is 5.43. The van der Waals surface area contributed by atoms with Crippen LogP contribution >= 0.6 is 0 Å². The molecule has 1 amide bonds. The average Bonchev–Trinajstić information content (AvgIpc) is 2.69. The summed E-state index contributed by atoms with van der Waals surface area (Å²) in [6.07, 6.45) is 6.41. The van der Waals surface area contributed by atoms with Gasteiger partial charge in [-0.2, -0.15) is 0 Å². The molecule has 2 fully saturated rings. The SMILES string of the molecule is O=C(CC1CCN(c2cnc3ccccc3n2)CC1)NC1CCOCC1. The van der Waals surface area contributed by atoms with Crippen molar-refractivity contribution >= 4 is 22.8 Å². The summed E-state index contributed by atoms with van der Waals surface area (Å²) in [5.41, 5.74) is 1.86. The number of piperidine rings is 1. The Bertz CT molecular complexity index is 752. The normalized spacial score (nSPS) is 19.6. The highest BCUT2D eigenvalue weighted by atomic mass is 16.5. The van der Waals surface area contributed by atoms with Crippen LogP contribution < -0.4 is 10.2 Å². The van der Waals surface area contributed by atoms with Crippen LogP contribution in [0.2, 0.25) is 0 Å². The molecule has 2 aliphatic rings. The van der Waals surface area contributed by atoms with Crippen LogP contribution in [0.4, 0.5) is 5.82 Å². The van der Waals surface area contributed by atoms with Crippen molar-refractivity contribution in [3.05, 3.63) is 30.5 Å². The molecule has 1 aromatic carbocycles. The van der Waals surface area contributed by atoms with E-state index >= 15 is 0 Å². The molecule has 6 heteroatoms. The van der Waals surface area contributed by atoms with Gasteiger partial charge in [-0.15, -0.1) is 0 Å². The van der Waals surface area contributed by atoms with E-state index in [0.717, 1.165) is 68.8 Å². The van der Waals surface area contributed by atoms with Gasteiger partial charge in [0.25, 0.3) is 0 Å². The van der Waals surface area contributed by atoms with E-state index in [0.29, 0.717) is 18.4 Å². The third-order valence-electron chi connectivity index (χ3n) is 5.43. The van der Waals surface area contributed by atoms with Crippen molar-refractivity contribution in [3.63, 3.8) is 0 Å². The maximum Gasteiger partial charge on any atom is 0.220 e. The number of amides is 1. The number of para-hydroxylation sites is 2. The molecule has 0 bridgehead atoms. The summed E-state index contributed by atoms with van der Waals surface area (Å²) in [5, 5.41) is 3.17. The lowest BCUT2D eigenvalue weighted by Crippen LogP contribution is -2.41. The fourth-order valence-electron chi connectivity index (χ4n) is 3.86. The molecule has 1 aromatic heterocycles. The van der Waals surface area contributed by atoms with Crippen molar-refractivity contribution < 1.29 is 9.53 Å². The number of nitrogens with one attached hydrogen (secondary N) is 1. The number of fused-ring (bicyclic) bond motifs is 1. The number of benzene rings is 1. The van der Waals surface area contributed by atoms with Crippen LogP contribution in [0.3, 0.4) is 0 Å². The zero-order chi connectivity index (χ0) is 17.8. The third kappa shape index (κ3) is 4.12. The van der Waals surface area contributed by atoms with E-state index in [2.05, 4.69) is 15.2 Å². The van der Waals surface area contributed by atoms with Crippen LogP contribution in [0.15, 0.2) is 30.5 Å². The minimum atomic E-state index is 0.195. The zero-order valence-electron chi connectivity index (χ0n) is 15.1. The van der Waals surface area contributed by atoms with E-state index in [1.807, 2.05) is 30.5 Å². The monoisotopic (exact) mass is 354 g/mol. The van der Waals surface area contributed by atoms with Crippen molar-refractivity contribution in [3.8, 4) is 0 Å². The van der Waals surface area contributed by atoms with Crippen molar-refractivity contribution in [2.75, 3.05) is 31.2 Å². The second-order valence-corrected chi connectivity index (χ2v) is 7.31. The fourth-order valence-corrected chi connectivity index (χ4v) is 3.86. The van der Waals surface area contributed by atoms with Crippen LogP contribution in [0, 0.1) is 5.92 Å². The smallest absolute Gasteiger partial charge is 0.220 e. The summed E-state index contributed by atoms with van der Waals surface area (Å²) in [6.45, 7) is 3.39. The van der Waals surface area contributed by atoms with Crippen LogP contribution in [0.5, 0.6) is 0 Å². The van der Waals surface area contributed by atoms with Gasteiger partial charge in [0, 0.05) is 38.8 Å². The van der Waals surface area contributed by atoms with E-state index in [9.17, 15) is 4.79 Å². The van der Waals surface area contributed by atoms with Gasteiger partial charge in [0.05, 0.1) is 17.2 Å². The zero-order valence-corrected chi connectivity index (χ0v) is 15.1. The second-order valence-electron chi connectivity index (χ2n) is 7.31. The molecule has 2 aromatic rings. The van der Waals surface area contributed by atoms with Gasteiger partial charge >= 0.3 is 0 Å². The largest absolute Gasteiger partial charge is 0.381 e. The highest BCUT2D eigenvalue weighted by Gasteiger charge is 2.24. The standard InChI is InChI=1S/C20H26N4O2/c25-20(22-16-7-11-26-12-8-16)13-15-5-9-24(10-6-15)19-14-21-17-3-1-2-4-18(17)23-19/h1-4,14-16H,5-13H2,(H,22,25). The van der Waals surface area contributed by atoms with Crippen LogP contribution in [-0.4, -0.2) is 48.2 Å². The van der Waals surface area contributed by atoms with Gasteiger partial charge in [-0.25, -0.2) is 4.98 Å². The van der Waals surface area contributed by atoms with Gasteiger partial charge in [-0.1, -0.05) is 12.1 Å². The first-order valence-corrected chi connectivity index (χ1v) is 9.62. The number of carbonyl (C=O) groups excluding carboxylic acids is 1. The Labute approximate surface area is 154 Å². The number of nitrogens with zero attached hydrogens (tertiary/aromatic N) is 3. The van der Waals surface area contributed by atoms with E-state index in [4.69, 9.17) is 9.72 Å². The van der Waals surface area contributed by atoms with E-state index in [1.54, 1.807) is 0 Å². The molecule has 1 N–H and O–H groups in total. The quantitative estimate of drug-likeness (QED) is 0.914. The number of aromatic nitrogens is 2. The lowest BCUT2D eigenvalue weighted by molar-refractivity contribution is -0.123. The molecule has 0 aliphatic carbocycles. The summed E-state index contributed by atoms with van der Waals surface area (Å²) in [4.78, 5) is 23.8. The molecule has 0 spiro atoms. The molecule has 2 aliphatic heterocycles. The maximum absolute atomic E-state index is 12.3. The molecule has 26 heavy (non-hydrogen) atoms. The highest BCUT2D eigenvalue weighted by Crippen LogP contribution is 2.25. The highest BCUT2D eigenvalue weighted by molar-refractivity contribution is 5.77. The fraction of sp³-hybridized carbons (Fsp3) is 0.550. The Morgan fingerprint density at radius 1 is 1.12 bits per heavy atom. The Kier molecular flexibility index (Phi) is 5.29. The maximum atomic E-state index is 12.3. The summed E-state index contributed by atoms with van der Waals surface area (Å²) in [5.74, 6) is 1.59. The Morgan fingerprint density at radius 3 is 2.62 bits per heavy atom. The first-order valence-electron chi connectivity index (χ1n) is 9.62. The number of anilines is 1. The number of rotatable bonds is 4. The van der Waals surface area contributed by atoms with Crippen molar-refractivity contribution in [2.45, 2.75) is 38.1 Å². The van der Waals surface area contributed by atoms with Gasteiger partial charge in [0.15, 0.2) is 0 Å². The Hall–Kier alpha value is -2.21. The molecule has 0 saturated carbocycles. The molecular weight excluding hydrogens is 328 g/mol. The molecule has 0 radical (unpaired) electrons. The predicted octanol–water partition coefficient (Wildman–Crippen LogP) is 2.53. The molecule has 0 atom stereocenters. The molecule has 138 valence electrons. The van der Waals surface area contributed by atoms with Crippen LogP contribution in [0.1, 0.15) is 32.1 Å². The number of ether oxygens (including phenoxy) is 1. The second kappa shape index (κ2) is 7.99. The average molecular weight is 354 g/mol. The van der Waals surface area contributed by atoms with E-state index < -0.39 is 0 Å².